The van der Waals surface area contributed by atoms with Gasteiger partial charge < -0.3 is 15.2 Å². The molecule has 1 fully saturated rings. The standard InChI is InChI=1S/C23H23Cl2N5O6S2/c24-18-2-1-11-3-4-35-21(19(11)30-18)14-7-17(37-22(14)25)20(32)15-8-27-10-28-23(15)29-13-5-12(16(31)6-13)9-36-38(26,33)34/h1-2,7-8,10,12-13,16,21,31H,3-6,9H2,(H2,26,33,34)(H,27,28,29)/t12-,13-,16+,21?/m1/s1. The molecule has 202 valence electrons. The number of fused-ring (bicyclic) bond motifs is 1. The predicted molar refractivity (Wildman–Crippen MR) is 141 cm³/mol. The molecule has 5 rings (SSSR count). The van der Waals surface area contributed by atoms with E-state index in [1.165, 1.54) is 12.5 Å². The van der Waals surface area contributed by atoms with Gasteiger partial charge in [0.25, 0.3) is 0 Å². The molecule has 1 aliphatic carbocycles. The maximum atomic E-state index is 13.5. The highest BCUT2D eigenvalue weighted by Crippen LogP contribution is 2.41. The molecule has 1 saturated carbocycles. The molecule has 4 N–H and O–H groups in total. The Labute approximate surface area is 232 Å². The largest absolute Gasteiger partial charge is 0.393 e. The minimum Gasteiger partial charge on any atom is -0.393 e. The van der Waals surface area contributed by atoms with Crippen LogP contribution >= 0.6 is 34.5 Å². The van der Waals surface area contributed by atoms with Crippen LogP contribution in [0.4, 0.5) is 5.82 Å². The fraction of sp³-hybridized carbons (Fsp3) is 0.391. The summed E-state index contributed by atoms with van der Waals surface area (Å²) in [6, 6.07) is 5.05. The Kier molecular flexibility index (Phi) is 7.99. The van der Waals surface area contributed by atoms with E-state index in [1.54, 1.807) is 12.1 Å². The van der Waals surface area contributed by atoms with E-state index in [9.17, 15) is 18.3 Å². The van der Waals surface area contributed by atoms with E-state index in [0.717, 1.165) is 16.9 Å². The summed E-state index contributed by atoms with van der Waals surface area (Å²) in [5.74, 6) is -0.506. The smallest absolute Gasteiger partial charge is 0.333 e. The molecule has 4 atom stereocenters. The maximum Gasteiger partial charge on any atom is 0.333 e. The number of rotatable bonds is 8. The number of anilines is 1. The van der Waals surface area contributed by atoms with Crippen molar-refractivity contribution in [2.24, 2.45) is 11.1 Å². The Morgan fingerprint density at radius 3 is 2.92 bits per heavy atom. The topological polar surface area (TPSA) is 167 Å². The average molecular weight is 601 g/mol. The van der Waals surface area contributed by atoms with E-state index in [0.29, 0.717) is 51.5 Å². The normalized spacial score (nSPS) is 23.3. The Morgan fingerprint density at radius 2 is 2.13 bits per heavy atom. The second-order valence-electron chi connectivity index (χ2n) is 9.05. The highest BCUT2D eigenvalue weighted by molar-refractivity contribution is 7.84. The van der Waals surface area contributed by atoms with Crippen LogP contribution in [-0.4, -0.2) is 59.6 Å². The van der Waals surface area contributed by atoms with Crippen molar-refractivity contribution in [3.63, 3.8) is 0 Å². The summed E-state index contributed by atoms with van der Waals surface area (Å²) in [4.78, 5) is 26.6. The molecular formula is C23H23Cl2N5O6S2. The van der Waals surface area contributed by atoms with Crippen molar-refractivity contribution in [2.45, 2.75) is 37.5 Å². The van der Waals surface area contributed by atoms with Gasteiger partial charge in [0.1, 0.15) is 23.4 Å². The number of ketones is 1. The quantitative estimate of drug-likeness (QED) is 0.258. The van der Waals surface area contributed by atoms with Gasteiger partial charge >= 0.3 is 10.3 Å². The first-order chi connectivity index (χ1) is 18.1. The Bertz CT molecular complexity index is 1470. The van der Waals surface area contributed by atoms with Crippen LogP contribution in [0.25, 0.3) is 0 Å². The molecule has 11 nitrogen and oxygen atoms in total. The van der Waals surface area contributed by atoms with Gasteiger partial charge in [-0.25, -0.2) is 20.1 Å². The van der Waals surface area contributed by atoms with E-state index in [-0.39, 0.29) is 29.8 Å². The lowest BCUT2D eigenvalue weighted by Gasteiger charge is -2.25. The Morgan fingerprint density at radius 1 is 1.32 bits per heavy atom. The zero-order valence-electron chi connectivity index (χ0n) is 19.7. The van der Waals surface area contributed by atoms with Crippen LogP contribution in [0.2, 0.25) is 9.49 Å². The third-order valence-electron chi connectivity index (χ3n) is 6.50. The highest BCUT2D eigenvalue weighted by Gasteiger charge is 2.35. The lowest BCUT2D eigenvalue weighted by molar-refractivity contribution is 0.0667. The first-order valence-corrected chi connectivity index (χ1v) is 14.7. The van der Waals surface area contributed by atoms with Gasteiger partial charge in [0.05, 0.1) is 39.8 Å². The Hall–Kier alpha value is -2.23. The SMILES string of the molecule is NS(=O)(=O)OC[C@H]1C[C@@H](Nc2ncncc2C(=O)c2cc(C3OCCc4ccc(Cl)nc43)c(Cl)s2)C[C@@H]1O. The molecule has 0 spiro atoms. The molecule has 0 radical (unpaired) electrons. The molecule has 0 saturated heterocycles. The molecule has 3 aromatic rings. The van der Waals surface area contributed by atoms with Crippen LogP contribution in [0, 0.1) is 5.92 Å². The number of thiophene rings is 1. The van der Waals surface area contributed by atoms with Crippen LogP contribution in [0.15, 0.2) is 30.7 Å². The van der Waals surface area contributed by atoms with Crippen molar-refractivity contribution < 1.29 is 27.2 Å². The number of halogens is 2. The van der Waals surface area contributed by atoms with Crippen LogP contribution < -0.4 is 10.5 Å². The molecule has 2 aliphatic rings. The second-order valence-corrected chi connectivity index (χ2v) is 12.3. The van der Waals surface area contributed by atoms with Gasteiger partial charge in [-0.2, -0.15) is 8.42 Å². The average Bonchev–Trinajstić information content (AvgIpc) is 3.43. The fourth-order valence-corrected chi connectivity index (χ4v) is 6.50. The van der Waals surface area contributed by atoms with Crippen molar-refractivity contribution in [1.29, 1.82) is 0 Å². The number of hydrogen-bond acceptors (Lipinski definition) is 11. The number of carbonyl (C=O) groups excluding carboxylic acids is 1. The fourth-order valence-electron chi connectivity index (χ4n) is 4.71. The number of nitrogens with zero attached hydrogens (tertiary/aromatic N) is 3. The summed E-state index contributed by atoms with van der Waals surface area (Å²) in [5.41, 5.74) is 2.53. The van der Waals surface area contributed by atoms with Gasteiger partial charge in [0.15, 0.2) is 0 Å². The minimum atomic E-state index is -4.11. The molecule has 0 aromatic carbocycles. The molecule has 3 aromatic heterocycles. The van der Waals surface area contributed by atoms with Gasteiger partial charge in [-0.3, -0.25) is 8.98 Å². The number of ether oxygens (including phenoxy) is 1. The molecule has 0 bridgehead atoms. The highest BCUT2D eigenvalue weighted by atomic mass is 35.5. The molecule has 38 heavy (non-hydrogen) atoms. The number of nitrogens with one attached hydrogen (secondary N) is 1. The lowest BCUT2D eigenvalue weighted by Crippen LogP contribution is -2.24. The molecular weight excluding hydrogens is 577 g/mol. The van der Waals surface area contributed by atoms with Gasteiger partial charge in [0, 0.05) is 23.7 Å². The lowest BCUT2D eigenvalue weighted by atomic mass is 9.99. The summed E-state index contributed by atoms with van der Waals surface area (Å²) in [6.07, 6.45) is 2.74. The predicted octanol–water partition coefficient (Wildman–Crippen LogP) is 2.90. The van der Waals surface area contributed by atoms with Gasteiger partial charge in [-0.1, -0.05) is 29.3 Å². The molecule has 1 aliphatic heterocycles. The monoisotopic (exact) mass is 599 g/mol. The number of pyridine rings is 1. The maximum absolute atomic E-state index is 13.5. The van der Waals surface area contributed by atoms with Crippen molar-refractivity contribution in [1.82, 2.24) is 15.0 Å². The van der Waals surface area contributed by atoms with E-state index >= 15 is 0 Å². The summed E-state index contributed by atoms with van der Waals surface area (Å²) in [5, 5.41) is 18.7. The first kappa shape index (κ1) is 27.3. The van der Waals surface area contributed by atoms with Crippen molar-refractivity contribution in [3.8, 4) is 0 Å². The molecule has 4 heterocycles. The van der Waals surface area contributed by atoms with Gasteiger partial charge in [-0.15, -0.1) is 11.3 Å². The van der Waals surface area contributed by atoms with Crippen molar-refractivity contribution in [3.05, 3.63) is 67.5 Å². The third-order valence-corrected chi connectivity index (χ3v) is 8.57. The number of carbonyl (C=O) groups is 1. The number of nitrogens with two attached hydrogens (primary N) is 1. The van der Waals surface area contributed by atoms with Crippen molar-refractivity contribution in [2.75, 3.05) is 18.5 Å². The number of hydrogen-bond donors (Lipinski definition) is 3. The van der Waals surface area contributed by atoms with Crippen LogP contribution in [-0.2, 0) is 25.6 Å². The number of aliphatic hydroxyl groups excluding tert-OH is 1. The summed E-state index contributed by atoms with van der Waals surface area (Å²) >= 11 is 13.8. The first-order valence-electron chi connectivity index (χ1n) is 11.6. The van der Waals surface area contributed by atoms with E-state index in [2.05, 4.69) is 24.5 Å². The summed E-state index contributed by atoms with van der Waals surface area (Å²) < 4.78 is 33.2. The van der Waals surface area contributed by atoms with Gasteiger partial charge in [-0.05, 0) is 37.0 Å². The third kappa shape index (κ3) is 6.00. The second kappa shape index (κ2) is 11.1. The van der Waals surface area contributed by atoms with Gasteiger partial charge in [0.2, 0.25) is 5.78 Å². The zero-order chi connectivity index (χ0) is 27.0. The van der Waals surface area contributed by atoms with E-state index < -0.39 is 28.4 Å². The van der Waals surface area contributed by atoms with Crippen LogP contribution in [0.5, 0.6) is 0 Å². The summed E-state index contributed by atoms with van der Waals surface area (Å²) in [7, 11) is -4.11. The molecule has 0 amide bonds. The van der Waals surface area contributed by atoms with Crippen LogP contribution in [0.3, 0.4) is 0 Å². The van der Waals surface area contributed by atoms with E-state index in [4.69, 9.17) is 33.1 Å². The summed E-state index contributed by atoms with van der Waals surface area (Å²) in [6.45, 7) is 0.240. The number of aromatic nitrogens is 3. The van der Waals surface area contributed by atoms with Crippen LogP contribution in [0.1, 0.15) is 51.0 Å². The molecule has 15 heteroatoms. The number of aliphatic hydroxyl groups is 1. The minimum absolute atomic E-state index is 0.224. The molecule has 1 unspecified atom stereocenters. The van der Waals surface area contributed by atoms with E-state index in [1.807, 2.05) is 6.07 Å². The van der Waals surface area contributed by atoms with Crippen molar-refractivity contribution >= 4 is 56.4 Å². The zero-order valence-corrected chi connectivity index (χ0v) is 22.9. The Balaban J connectivity index is 1.35.